The molecule has 0 heterocycles. The van der Waals surface area contributed by atoms with Crippen LogP contribution >= 0.6 is 0 Å². The summed E-state index contributed by atoms with van der Waals surface area (Å²) < 4.78 is 13.4. The number of amides is 3. The fraction of sp³-hybridized carbons (Fsp3) is 0.308. The lowest BCUT2D eigenvalue weighted by atomic mass is 10.2. The molecule has 114 valence electrons. The van der Waals surface area contributed by atoms with Crippen molar-refractivity contribution in [3.63, 3.8) is 0 Å². The van der Waals surface area contributed by atoms with E-state index in [0.29, 0.717) is 0 Å². The van der Waals surface area contributed by atoms with E-state index in [1.807, 2.05) is 0 Å². The van der Waals surface area contributed by atoms with Gasteiger partial charge in [0.15, 0.2) is 0 Å². The summed E-state index contributed by atoms with van der Waals surface area (Å²) >= 11 is 0. The second kappa shape index (κ2) is 6.69. The third kappa shape index (κ3) is 4.44. The Kier molecular flexibility index (Phi) is 5.23. The molecule has 0 bridgehead atoms. The van der Waals surface area contributed by atoms with Crippen molar-refractivity contribution in [3.05, 3.63) is 29.6 Å². The first-order valence-corrected chi connectivity index (χ1v) is 6.04. The molecule has 0 saturated heterocycles. The molecule has 7 nitrogen and oxygen atoms in total. The van der Waals surface area contributed by atoms with Crippen LogP contribution in [-0.2, 0) is 4.79 Å². The SMILES string of the molecule is CC(NC(=O)Nc1ccc(C(=O)O)c(F)c1)C(=O)N(C)C. The summed E-state index contributed by atoms with van der Waals surface area (Å²) in [6.07, 6.45) is 0. The third-order valence-electron chi connectivity index (χ3n) is 2.62. The van der Waals surface area contributed by atoms with Gasteiger partial charge in [-0.15, -0.1) is 0 Å². The molecular formula is C13H16FN3O4. The van der Waals surface area contributed by atoms with E-state index >= 15 is 0 Å². The number of hydrogen-bond acceptors (Lipinski definition) is 3. The van der Waals surface area contributed by atoms with Crippen molar-refractivity contribution in [1.29, 1.82) is 0 Å². The number of carboxylic acids is 1. The zero-order valence-electron chi connectivity index (χ0n) is 11.8. The van der Waals surface area contributed by atoms with Gasteiger partial charge in [-0.25, -0.2) is 14.0 Å². The molecule has 0 aromatic heterocycles. The van der Waals surface area contributed by atoms with Crippen LogP contribution in [0.4, 0.5) is 14.9 Å². The molecule has 1 unspecified atom stereocenters. The summed E-state index contributed by atoms with van der Waals surface area (Å²) in [4.78, 5) is 35.2. The van der Waals surface area contributed by atoms with Crippen LogP contribution < -0.4 is 10.6 Å². The summed E-state index contributed by atoms with van der Waals surface area (Å²) in [7, 11) is 3.11. The predicted molar refractivity (Wildman–Crippen MR) is 73.7 cm³/mol. The van der Waals surface area contributed by atoms with Gasteiger partial charge < -0.3 is 20.6 Å². The number of aromatic carboxylic acids is 1. The maximum atomic E-state index is 13.4. The number of benzene rings is 1. The zero-order chi connectivity index (χ0) is 16.2. The number of carbonyl (C=O) groups is 3. The maximum Gasteiger partial charge on any atom is 0.338 e. The minimum Gasteiger partial charge on any atom is -0.478 e. The molecule has 1 atom stereocenters. The molecule has 3 amide bonds. The van der Waals surface area contributed by atoms with Gasteiger partial charge >= 0.3 is 12.0 Å². The molecule has 1 aromatic carbocycles. The van der Waals surface area contributed by atoms with Crippen LogP contribution in [0, 0.1) is 5.82 Å². The fourth-order valence-electron chi connectivity index (χ4n) is 1.58. The molecule has 0 saturated carbocycles. The minimum absolute atomic E-state index is 0.0829. The monoisotopic (exact) mass is 297 g/mol. The van der Waals surface area contributed by atoms with Crippen molar-refractivity contribution < 1.29 is 23.9 Å². The highest BCUT2D eigenvalue weighted by atomic mass is 19.1. The first-order valence-electron chi connectivity index (χ1n) is 6.04. The molecule has 0 aliphatic heterocycles. The van der Waals surface area contributed by atoms with E-state index in [4.69, 9.17) is 5.11 Å². The van der Waals surface area contributed by atoms with Crippen LogP contribution in [0.2, 0.25) is 0 Å². The molecule has 1 aromatic rings. The number of nitrogens with one attached hydrogen (secondary N) is 2. The molecule has 0 aliphatic rings. The average molecular weight is 297 g/mol. The van der Waals surface area contributed by atoms with Gasteiger partial charge in [0.05, 0.1) is 5.56 Å². The van der Waals surface area contributed by atoms with E-state index in [1.54, 1.807) is 14.1 Å². The van der Waals surface area contributed by atoms with Gasteiger partial charge in [0.2, 0.25) is 5.91 Å². The summed E-state index contributed by atoms with van der Waals surface area (Å²) in [5.41, 5.74) is -0.406. The Labute approximate surface area is 120 Å². The lowest BCUT2D eigenvalue weighted by Crippen LogP contribution is -2.45. The van der Waals surface area contributed by atoms with E-state index in [1.165, 1.54) is 17.9 Å². The van der Waals surface area contributed by atoms with E-state index < -0.39 is 29.4 Å². The number of urea groups is 1. The molecule has 8 heteroatoms. The largest absolute Gasteiger partial charge is 0.478 e. The second-order valence-electron chi connectivity index (χ2n) is 4.55. The van der Waals surface area contributed by atoms with E-state index in [9.17, 15) is 18.8 Å². The summed E-state index contributed by atoms with van der Waals surface area (Å²) in [5.74, 6) is -2.65. The van der Waals surface area contributed by atoms with Gasteiger partial charge in [-0.1, -0.05) is 0 Å². The topological polar surface area (TPSA) is 98.7 Å². The van der Waals surface area contributed by atoms with Crippen molar-refractivity contribution in [1.82, 2.24) is 10.2 Å². The van der Waals surface area contributed by atoms with E-state index in [2.05, 4.69) is 10.6 Å². The van der Waals surface area contributed by atoms with Crippen molar-refractivity contribution in [3.8, 4) is 0 Å². The second-order valence-corrected chi connectivity index (χ2v) is 4.55. The average Bonchev–Trinajstić information content (AvgIpc) is 2.36. The molecule has 0 fully saturated rings. The lowest BCUT2D eigenvalue weighted by Gasteiger charge is -2.18. The summed E-state index contributed by atoms with van der Waals surface area (Å²) in [5, 5.41) is 13.4. The Morgan fingerprint density at radius 2 is 1.90 bits per heavy atom. The molecule has 1 rings (SSSR count). The Hall–Kier alpha value is -2.64. The number of likely N-dealkylation sites (N-methyl/N-ethyl adjacent to an activating group) is 1. The summed E-state index contributed by atoms with van der Waals surface area (Å²) in [6.45, 7) is 1.51. The maximum absolute atomic E-state index is 13.4. The quantitative estimate of drug-likeness (QED) is 0.775. The highest BCUT2D eigenvalue weighted by Crippen LogP contribution is 2.14. The Balaban J connectivity index is 2.69. The van der Waals surface area contributed by atoms with Crippen LogP contribution in [0.25, 0.3) is 0 Å². The molecule has 0 spiro atoms. The fourth-order valence-corrected chi connectivity index (χ4v) is 1.58. The van der Waals surface area contributed by atoms with Gasteiger partial charge in [-0.3, -0.25) is 4.79 Å². The van der Waals surface area contributed by atoms with Gasteiger partial charge in [-0.05, 0) is 25.1 Å². The highest BCUT2D eigenvalue weighted by Gasteiger charge is 2.17. The standard InChI is InChI=1S/C13H16FN3O4/c1-7(11(18)17(2)3)15-13(21)16-8-4-5-9(12(19)20)10(14)6-8/h4-7H,1-3H3,(H,19,20)(H2,15,16,21). The highest BCUT2D eigenvalue weighted by molar-refractivity contribution is 5.94. The summed E-state index contributed by atoms with van der Waals surface area (Å²) in [6, 6.07) is 1.75. The third-order valence-corrected chi connectivity index (χ3v) is 2.62. The van der Waals surface area contributed by atoms with Crippen LogP contribution in [0.3, 0.4) is 0 Å². The number of carboxylic acid groups (broad SMARTS) is 1. The molecular weight excluding hydrogens is 281 g/mol. The van der Waals surface area contributed by atoms with Gasteiger partial charge in [0.25, 0.3) is 0 Å². The van der Waals surface area contributed by atoms with E-state index in [0.717, 1.165) is 12.1 Å². The van der Waals surface area contributed by atoms with Crippen molar-refractivity contribution in [2.45, 2.75) is 13.0 Å². The van der Waals surface area contributed by atoms with Crippen LogP contribution in [0.15, 0.2) is 18.2 Å². The van der Waals surface area contributed by atoms with Crippen LogP contribution in [0.5, 0.6) is 0 Å². The minimum atomic E-state index is -1.39. The first kappa shape index (κ1) is 16.4. The van der Waals surface area contributed by atoms with Gasteiger partial charge in [0, 0.05) is 19.8 Å². The van der Waals surface area contributed by atoms with E-state index in [-0.39, 0.29) is 11.6 Å². The molecule has 0 radical (unpaired) electrons. The Bertz CT molecular complexity index is 575. The van der Waals surface area contributed by atoms with Gasteiger partial charge in [-0.2, -0.15) is 0 Å². The molecule has 0 aliphatic carbocycles. The number of anilines is 1. The number of rotatable bonds is 4. The zero-order valence-corrected chi connectivity index (χ0v) is 11.8. The Morgan fingerprint density at radius 3 is 2.38 bits per heavy atom. The number of nitrogens with zero attached hydrogens (tertiary/aromatic N) is 1. The number of hydrogen-bond donors (Lipinski definition) is 3. The molecule has 3 N–H and O–H groups in total. The van der Waals surface area contributed by atoms with Crippen molar-refractivity contribution >= 4 is 23.6 Å². The Morgan fingerprint density at radius 1 is 1.29 bits per heavy atom. The smallest absolute Gasteiger partial charge is 0.338 e. The van der Waals surface area contributed by atoms with Crippen LogP contribution in [0.1, 0.15) is 17.3 Å². The first-order chi connectivity index (χ1) is 9.72. The normalized spacial score (nSPS) is 11.4. The van der Waals surface area contributed by atoms with Crippen molar-refractivity contribution in [2.24, 2.45) is 0 Å². The number of carbonyl (C=O) groups excluding carboxylic acids is 2. The van der Waals surface area contributed by atoms with Crippen molar-refractivity contribution in [2.75, 3.05) is 19.4 Å². The lowest BCUT2D eigenvalue weighted by molar-refractivity contribution is -0.130. The van der Waals surface area contributed by atoms with Crippen LogP contribution in [-0.4, -0.2) is 48.1 Å². The predicted octanol–water partition coefficient (Wildman–Crippen LogP) is 1.12. The van der Waals surface area contributed by atoms with Gasteiger partial charge in [0.1, 0.15) is 11.9 Å². The molecule has 21 heavy (non-hydrogen) atoms. The number of halogens is 1.